The molecule has 1 aromatic rings. The quantitative estimate of drug-likeness (QED) is 0.916. The highest BCUT2D eigenvalue weighted by molar-refractivity contribution is 5.95. The summed E-state index contributed by atoms with van der Waals surface area (Å²) in [7, 11) is 0. The molecule has 3 rings (SSSR count). The summed E-state index contributed by atoms with van der Waals surface area (Å²) in [6, 6.07) is 1.81. The molecule has 1 aromatic heterocycles. The van der Waals surface area contributed by atoms with Gasteiger partial charge in [-0.1, -0.05) is 0 Å². The number of aryl methyl sites for hydroxylation is 2. The van der Waals surface area contributed by atoms with Crippen LogP contribution in [0.5, 0.6) is 0 Å². The van der Waals surface area contributed by atoms with Gasteiger partial charge in [-0.2, -0.15) is 0 Å². The molecule has 2 heterocycles. The molecule has 0 radical (unpaired) electrons. The Morgan fingerprint density at radius 3 is 2.52 bits per heavy atom. The molecule has 1 saturated heterocycles. The molecular weight excluding hydrogens is 296 g/mol. The van der Waals surface area contributed by atoms with E-state index < -0.39 is 5.91 Å². The fourth-order valence-electron chi connectivity index (χ4n) is 3.85. The van der Waals surface area contributed by atoms with Gasteiger partial charge < -0.3 is 19.8 Å². The van der Waals surface area contributed by atoms with Crippen LogP contribution in [0.4, 0.5) is 0 Å². The first-order valence-corrected chi connectivity index (χ1v) is 8.17. The van der Waals surface area contributed by atoms with E-state index in [4.69, 9.17) is 14.9 Å². The second-order valence-electron chi connectivity index (χ2n) is 6.79. The number of rotatable bonds is 4. The van der Waals surface area contributed by atoms with Gasteiger partial charge in [0.1, 0.15) is 18.1 Å². The van der Waals surface area contributed by atoms with Crippen LogP contribution < -0.4 is 5.73 Å². The predicted octanol–water partition coefficient (Wildman–Crippen LogP) is 1.78. The average Bonchev–Trinajstić information content (AvgIpc) is 2.84. The number of carbonyl (C=O) groups excluding carboxylic acids is 2. The maximum Gasteiger partial charge on any atom is 0.257 e. The number of carbonyl (C=O) groups is 2. The van der Waals surface area contributed by atoms with Crippen LogP contribution in [0.1, 0.15) is 47.6 Å². The van der Waals surface area contributed by atoms with Crippen LogP contribution in [0.3, 0.4) is 0 Å². The third-order valence-electron chi connectivity index (χ3n) is 5.33. The van der Waals surface area contributed by atoms with Gasteiger partial charge in [0.2, 0.25) is 5.91 Å². The van der Waals surface area contributed by atoms with Crippen LogP contribution in [-0.2, 0) is 9.53 Å². The molecule has 126 valence electrons. The summed E-state index contributed by atoms with van der Waals surface area (Å²) < 4.78 is 11.1. The fourth-order valence-corrected chi connectivity index (χ4v) is 3.85. The second-order valence-corrected chi connectivity index (χ2v) is 6.79. The van der Waals surface area contributed by atoms with Crippen LogP contribution in [0, 0.1) is 19.3 Å². The van der Waals surface area contributed by atoms with E-state index in [0.717, 1.165) is 44.5 Å². The lowest BCUT2D eigenvalue weighted by Gasteiger charge is -2.53. The molecule has 1 aliphatic carbocycles. The monoisotopic (exact) mass is 320 g/mol. The zero-order valence-electron chi connectivity index (χ0n) is 13.8. The van der Waals surface area contributed by atoms with Crippen molar-refractivity contribution in [1.82, 2.24) is 4.90 Å². The zero-order valence-corrected chi connectivity index (χ0v) is 13.8. The maximum atomic E-state index is 12.6. The number of hydrogen-bond acceptors (Lipinski definition) is 4. The first kappa shape index (κ1) is 16.1. The van der Waals surface area contributed by atoms with E-state index in [-0.39, 0.29) is 24.0 Å². The maximum absolute atomic E-state index is 12.6. The van der Waals surface area contributed by atoms with Gasteiger partial charge in [0.25, 0.3) is 5.91 Å². The zero-order chi connectivity index (χ0) is 16.6. The number of piperidine rings is 1. The SMILES string of the molecule is Cc1cc(C(=O)N2CCC3(CCC3OCC(N)=O)CC2)c(C)o1. The van der Waals surface area contributed by atoms with Gasteiger partial charge >= 0.3 is 0 Å². The van der Waals surface area contributed by atoms with Gasteiger partial charge in [-0.15, -0.1) is 0 Å². The van der Waals surface area contributed by atoms with E-state index in [0.29, 0.717) is 11.3 Å². The average molecular weight is 320 g/mol. The van der Waals surface area contributed by atoms with Crippen molar-refractivity contribution in [2.24, 2.45) is 11.1 Å². The van der Waals surface area contributed by atoms with E-state index in [1.54, 1.807) is 0 Å². The molecule has 6 nitrogen and oxygen atoms in total. The number of likely N-dealkylation sites (tertiary alicyclic amines) is 1. The topological polar surface area (TPSA) is 85.8 Å². The van der Waals surface area contributed by atoms with E-state index >= 15 is 0 Å². The second kappa shape index (κ2) is 6.00. The first-order valence-electron chi connectivity index (χ1n) is 8.17. The van der Waals surface area contributed by atoms with Crippen molar-refractivity contribution in [3.63, 3.8) is 0 Å². The van der Waals surface area contributed by atoms with Crippen LogP contribution in [0.25, 0.3) is 0 Å². The minimum Gasteiger partial charge on any atom is -0.466 e. The van der Waals surface area contributed by atoms with Crippen LogP contribution in [0.15, 0.2) is 10.5 Å². The molecule has 2 aliphatic rings. The Kier molecular flexibility index (Phi) is 4.19. The van der Waals surface area contributed by atoms with Gasteiger partial charge in [0.15, 0.2) is 0 Å². The van der Waals surface area contributed by atoms with Gasteiger partial charge in [-0.3, -0.25) is 9.59 Å². The normalized spacial score (nSPS) is 22.9. The highest BCUT2D eigenvalue weighted by Gasteiger charge is 2.49. The number of amides is 2. The predicted molar refractivity (Wildman–Crippen MR) is 83.9 cm³/mol. The van der Waals surface area contributed by atoms with E-state index in [1.165, 1.54) is 0 Å². The van der Waals surface area contributed by atoms with Crippen LogP contribution in [-0.4, -0.2) is 42.5 Å². The molecule has 1 aliphatic heterocycles. The Hall–Kier alpha value is -1.82. The lowest BCUT2D eigenvalue weighted by molar-refractivity contribution is -0.148. The van der Waals surface area contributed by atoms with Crippen molar-refractivity contribution in [3.05, 3.63) is 23.2 Å². The summed E-state index contributed by atoms with van der Waals surface area (Å²) in [4.78, 5) is 25.4. The molecule has 1 saturated carbocycles. The van der Waals surface area contributed by atoms with Crippen molar-refractivity contribution in [2.45, 2.75) is 45.6 Å². The number of hydrogen-bond donors (Lipinski definition) is 1. The molecule has 1 atom stereocenters. The number of primary amides is 1. The van der Waals surface area contributed by atoms with Crippen molar-refractivity contribution in [3.8, 4) is 0 Å². The Balaban J connectivity index is 1.59. The highest BCUT2D eigenvalue weighted by atomic mass is 16.5. The molecule has 1 spiro atoms. The number of ether oxygens (including phenoxy) is 1. The molecule has 23 heavy (non-hydrogen) atoms. The Bertz CT molecular complexity index is 614. The highest BCUT2D eigenvalue weighted by Crippen LogP contribution is 2.50. The molecule has 2 N–H and O–H groups in total. The largest absolute Gasteiger partial charge is 0.466 e. The molecule has 2 amide bonds. The Morgan fingerprint density at radius 1 is 1.35 bits per heavy atom. The molecule has 6 heteroatoms. The van der Waals surface area contributed by atoms with Crippen molar-refractivity contribution in [1.29, 1.82) is 0 Å². The summed E-state index contributed by atoms with van der Waals surface area (Å²) in [6.45, 7) is 5.11. The smallest absolute Gasteiger partial charge is 0.257 e. The van der Waals surface area contributed by atoms with E-state index in [2.05, 4.69) is 0 Å². The fraction of sp³-hybridized carbons (Fsp3) is 0.647. The lowest BCUT2D eigenvalue weighted by Crippen LogP contribution is -2.54. The first-order chi connectivity index (χ1) is 10.9. The summed E-state index contributed by atoms with van der Waals surface area (Å²) >= 11 is 0. The summed E-state index contributed by atoms with van der Waals surface area (Å²) in [5.41, 5.74) is 5.93. The molecule has 0 aromatic carbocycles. The van der Waals surface area contributed by atoms with Gasteiger partial charge in [-0.25, -0.2) is 0 Å². The van der Waals surface area contributed by atoms with Crippen molar-refractivity contribution >= 4 is 11.8 Å². The Morgan fingerprint density at radius 2 is 2.04 bits per heavy atom. The molecule has 0 bridgehead atoms. The number of nitrogens with zero attached hydrogens (tertiary/aromatic N) is 1. The number of furan rings is 1. The van der Waals surface area contributed by atoms with Gasteiger partial charge in [0.05, 0.1) is 11.7 Å². The summed E-state index contributed by atoms with van der Waals surface area (Å²) in [5.74, 6) is 1.06. The molecule has 2 fully saturated rings. The lowest BCUT2D eigenvalue weighted by atomic mass is 9.60. The van der Waals surface area contributed by atoms with Crippen molar-refractivity contribution in [2.75, 3.05) is 19.7 Å². The van der Waals surface area contributed by atoms with E-state index in [9.17, 15) is 9.59 Å². The third-order valence-corrected chi connectivity index (χ3v) is 5.33. The minimum atomic E-state index is -0.425. The summed E-state index contributed by atoms with van der Waals surface area (Å²) in [6.07, 6.45) is 4.00. The van der Waals surface area contributed by atoms with Crippen LogP contribution in [0.2, 0.25) is 0 Å². The van der Waals surface area contributed by atoms with Gasteiger partial charge in [0, 0.05) is 18.5 Å². The Labute approximate surface area is 135 Å². The van der Waals surface area contributed by atoms with Gasteiger partial charge in [-0.05, 0) is 45.6 Å². The standard InChI is InChI=1S/C17H24N2O4/c1-11-9-13(12(2)23-11)16(21)19-7-5-17(6-8-19)4-3-14(17)22-10-15(18)20/h9,14H,3-8,10H2,1-2H3,(H2,18,20). The molecule has 1 unspecified atom stereocenters. The minimum absolute atomic E-state index is 0.0114. The van der Waals surface area contributed by atoms with E-state index in [1.807, 2.05) is 24.8 Å². The third kappa shape index (κ3) is 3.00. The van der Waals surface area contributed by atoms with Crippen LogP contribution >= 0.6 is 0 Å². The molecular formula is C17H24N2O4. The summed E-state index contributed by atoms with van der Waals surface area (Å²) in [5, 5.41) is 0. The number of nitrogens with two attached hydrogens (primary N) is 1. The van der Waals surface area contributed by atoms with Crippen molar-refractivity contribution < 1.29 is 18.7 Å².